The van der Waals surface area contributed by atoms with E-state index in [0.29, 0.717) is 4.48 Å². The van der Waals surface area contributed by atoms with E-state index >= 15 is 0 Å². The molecule has 35 heavy (non-hydrogen) atoms. The summed E-state index contributed by atoms with van der Waals surface area (Å²) in [6.45, 7) is 3.44. The lowest BCUT2D eigenvalue weighted by Gasteiger charge is -2.45. The number of aliphatic hydroxyl groups excluding tert-OH is 2. The van der Waals surface area contributed by atoms with Crippen molar-refractivity contribution >= 4 is 7.82 Å². The fourth-order valence-electron chi connectivity index (χ4n) is 5.44. The third-order valence-corrected chi connectivity index (χ3v) is 7.81. The van der Waals surface area contributed by atoms with Gasteiger partial charge in [0.15, 0.2) is 0 Å². The molecule has 7 nitrogen and oxygen atoms in total. The molecule has 8 heteroatoms. The molecular weight excluding hydrogens is 465 g/mol. The fraction of sp³-hybridized carbons (Fsp3) is 1.00. The largest absolute Gasteiger partial charge is 0.470 e. The number of phosphoric ester groups is 1. The van der Waals surface area contributed by atoms with E-state index < -0.39 is 26.1 Å². The summed E-state index contributed by atoms with van der Waals surface area (Å²) in [4.78, 5) is 19.0. The molecular formula is C27H59NO6P+. The Kier molecular flexibility index (Phi) is 19.1. The number of aliphatic hydroxyl groups is 2. The summed E-state index contributed by atoms with van der Waals surface area (Å²) in [5.41, 5.74) is -1.26. The van der Waals surface area contributed by atoms with Crippen LogP contribution in [0.15, 0.2) is 0 Å². The topological polar surface area (TPSA) is 107 Å². The van der Waals surface area contributed by atoms with Gasteiger partial charge in [0.25, 0.3) is 0 Å². The van der Waals surface area contributed by atoms with Gasteiger partial charge in [0.2, 0.25) is 0 Å². The van der Waals surface area contributed by atoms with Crippen LogP contribution in [0.5, 0.6) is 0 Å². The van der Waals surface area contributed by atoms with Crippen LogP contribution in [0.2, 0.25) is 0 Å². The number of nitrogens with zero attached hydrogens (tertiary/aromatic N) is 1. The molecule has 0 heterocycles. The Hall–Kier alpha value is -0.0100. The minimum absolute atomic E-state index is 0.0341. The van der Waals surface area contributed by atoms with Crippen molar-refractivity contribution in [2.45, 2.75) is 147 Å². The number of hydrogen-bond donors (Lipinski definition) is 4. The van der Waals surface area contributed by atoms with E-state index in [-0.39, 0.29) is 12.5 Å². The zero-order valence-electron chi connectivity index (χ0n) is 23.6. The van der Waals surface area contributed by atoms with E-state index in [1.165, 1.54) is 83.5 Å². The van der Waals surface area contributed by atoms with Crippen LogP contribution in [0.3, 0.4) is 0 Å². The molecule has 4 N–H and O–H groups in total. The van der Waals surface area contributed by atoms with Crippen molar-refractivity contribution in [2.24, 2.45) is 0 Å². The number of likely N-dealkylation sites (N-methyl/N-ethyl adjacent to an activating group) is 1. The minimum Gasteiger partial charge on any atom is -0.394 e. The fourth-order valence-corrected chi connectivity index (χ4v) is 6.18. The lowest BCUT2D eigenvalue weighted by atomic mass is 9.85. The molecule has 0 fully saturated rings. The van der Waals surface area contributed by atoms with Crippen molar-refractivity contribution in [3.05, 3.63) is 0 Å². The van der Waals surface area contributed by atoms with Gasteiger partial charge in [0, 0.05) is 12.8 Å². The first-order valence-electron chi connectivity index (χ1n) is 14.2. The molecule has 0 aliphatic rings. The van der Waals surface area contributed by atoms with Gasteiger partial charge in [-0.05, 0) is 13.3 Å². The maximum atomic E-state index is 11.7. The minimum atomic E-state index is -4.76. The normalized spacial score (nSPS) is 16.3. The van der Waals surface area contributed by atoms with E-state index in [9.17, 15) is 24.6 Å². The average molecular weight is 525 g/mol. The van der Waals surface area contributed by atoms with Gasteiger partial charge in [-0.15, -0.1) is 0 Å². The highest BCUT2D eigenvalue weighted by Gasteiger charge is 2.48. The number of rotatable bonds is 24. The van der Waals surface area contributed by atoms with Crippen LogP contribution in [0.25, 0.3) is 0 Å². The van der Waals surface area contributed by atoms with E-state index in [0.717, 1.165) is 25.7 Å². The molecule has 0 aromatic rings. The molecule has 3 atom stereocenters. The Morgan fingerprint density at radius 1 is 0.771 bits per heavy atom. The lowest BCUT2D eigenvalue weighted by molar-refractivity contribution is -0.903. The zero-order chi connectivity index (χ0) is 26.8. The molecule has 0 spiro atoms. The third-order valence-electron chi connectivity index (χ3n) is 7.15. The second-order valence-electron chi connectivity index (χ2n) is 11.7. The summed E-state index contributed by atoms with van der Waals surface area (Å²) in [6, 6.07) is -0.233. The maximum Gasteiger partial charge on any atom is 0.470 e. The first-order chi connectivity index (χ1) is 16.4. The summed E-state index contributed by atoms with van der Waals surface area (Å²) in [7, 11) is 1.17. The van der Waals surface area contributed by atoms with Crippen LogP contribution < -0.4 is 0 Å². The number of unbranched alkanes of at least 4 members (excludes halogenated alkanes) is 15. The van der Waals surface area contributed by atoms with Crippen molar-refractivity contribution in [3.63, 3.8) is 0 Å². The van der Waals surface area contributed by atoms with Gasteiger partial charge < -0.3 is 24.5 Å². The molecule has 0 saturated heterocycles. The van der Waals surface area contributed by atoms with Gasteiger partial charge in [-0.25, -0.2) is 4.57 Å². The molecule has 0 saturated carbocycles. The van der Waals surface area contributed by atoms with Crippen LogP contribution in [-0.2, 0) is 9.09 Å². The van der Waals surface area contributed by atoms with Gasteiger partial charge in [-0.1, -0.05) is 103 Å². The summed E-state index contributed by atoms with van der Waals surface area (Å²) < 4.78 is 17.4. The number of phosphoric acid groups is 1. The Labute approximate surface area is 216 Å². The average Bonchev–Trinajstić information content (AvgIpc) is 2.73. The molecule has 3 unspecified atom stereocenters. The molecule has 0 rings (SSSR count). The van der Waals surface area contributed by atoms with Crippen LogP contribution in [0.1, 0.15) is 129 Å². The Bertz CT molecular complexity index is 550. The molecule has 212 valence electrons. The zero-order valence-corrected chi connectivity index (χ0v) is 24.5. The van der Waals surface area contributed by atoms with E-state index in [4.69, 9.17) is 4.52 Å². The summed E-state index contributed by atoms with van der Waals surface area (Å²) in [5, 5.41) is 19.3. The Balaban J connectivity index is 4.22. The van der Waals surface area contributed by atoms with Crippen molar-refractivity contribution in [1.82, 2.24) is 0 Å². The smallest absolute Gasteiger partial charge is 0.394 e. The molecule has 0 radical (unpaired) electrons. The van der Waals surface area contributed by atoms with Crippen molar-refractivity contribution in [2.75, 3.05) is 27.7 Å². The highest BCUT2D eigenvalue weighted by Crippen LogP contribution is 2.46. The summed E-state index contributed by atoms with van der Waals surface area (Å²) in [6.07, 6.45) is 20.4. The highest BCUT2D eigenvalue weighted by atomic mass is 31.2. The first-order valence-corrected chi connectivity index (χ1v) is 15.7. The van der Waals surface area contributed by atoms with Crippen LogP contribution in [-0.4, -0.2) is 70.0 Å². The number of quaternary nitrogens is 1. The van der Waals surface area contributed by atoms with Gasteiger partial charge in [-0.2, -0.15) is 0 Å². The predicted octanol–water partition coefficient (Wildman–Crippen LogP) is 6.32. The molecule has 0 aliphatic carbocycles. The highest BCUT2D eigenvalue weighted by molar-refractivity contribution is 7.46. The predicted molar refractivity (Wildman–Crippen MR) is 145 cm³/mol. The summed E-state index contributed by atoms with van der Waals surface area (Å²) >= 11 is 0. The number of hydrogen-bond acceptors (Lipinski definition) is 4. The van der Waals surface area contributed by atoms with E-state index in [2.05, 4.69) is 6.92 Å². The standard InChI is InChI=1S/C27H58NO6P/c1-6-7-8-9-10-11-12-13-14-15-16-17-18-19-20-21-22-26(28(3,4)5)27(2,23-25(30)24-29)34-35(31,32)33/h25-26,29-30H,6-24H2,1-5H3,(H-,31,32,33)/p+1. The van der Waals surface area contributed by atoms with Crippen LogP contribution in [0, 0.1) is 0 Å². The van der Waals surface area contributed by atoms with Gasteiger partial charge in [0.05, 0.1) is 33.9 Å². The quantitative estimate of drug-likeness (QED) is 0.0668. The molecule has 0 amide bonds. The SMILES string of the molecule is CCCCCCCCCCCCCCCCCCC(C(C)(CC(O)CO)OP(=O)(O)O)[N+](C)(C)C. The Morgan fingerprint density at radius 3 is 1.46 bits per heavy atom. The lowest BCUT2D eigenvalue weighted by Crippen LogP contribution is -2.59. The van der Waals surface area contributed by atoms with Gasteiger partial charge >= 0.3 is 7.82 Å². The van der Waals surface area contributed by atoms with Crippen molar-refractivity contribution in [3.8, 4) is 0 Å². The van der Waals surface area contributed by atoms with Crippen molar-refractivity contribution in [1.29, 1.82) is 0 Å². The second kappa shape index (κ2) is 19.1. The first kappa shape index (κ1) is 35.0. The Morgan fingerprint density at radius 2 is 1.14 bits per heavy atom. The molecule has 0 aromatic carbocycles. The van der Waals surface area contributed by atoms with Crippen LogP contribution in [0.4, 0.5) is 0 Å². The van der Waals surface area contributed by atoms with E-state index in [1.807, 2.05) is 21.1 Å². The summed E-state index contributed by atoms with van der Waals surface area (Å²) in [5.74, 6) is 0. The third kappa shape index (κ3) is 18.8. The van der Waals surface area contributed by atoms with Gasteiger partial charge in [0.1, 0.15) is 11.6 Å². The second-order valence-corrected chi connectivity index (χ2v) is 12.8. The monoisotopic (exact) mass is 524 g/mol. The van der Waals surface area contributed by atoms with Crippen LogP contribution >= 0.6 is 7.82 Å². The van der Waals surface area contributed by atoms with E-state index in [1.54, 1.807) is 6.92 Å². The maximum absolute atomic E-state index is 11.7. The molecule has 0 bridgehead atoms. The van der Waals surface area contributed by atoms with Crippen molar-refractivity contribution < 1.29 is 33.6 Å². The molecule has 0 aromatic heterocycles. The molecule has 0 aliphatic heterocycles. The van der Waals surface area contributed by atoms with Gasteiger partial charge in [-0.3, -0.25) is 4.52 Å².